The SMILES string of the molecule is COc1c(C(=O)N2CCN(c3ccccc3F)CC2)sc2c1CCCC2. The number of fused-ring (bicyclic) bond motifs is 1. The minimum absolute atomic E-state index is 0.0504. The summed E-state index contributed by atoms with van der Waals surface area (Å²) in [6.07, 6.45) is 4.40. The first-order chi connectivity index (χ1) is 12.7. The molecule has 1 aromatic carbocycles. The number of thiophene rings is 1. The van der Waals surface area contributed by atoms with Crippen LogP contribution in [0.2, 0.25) is 0 Å². The normalized spacial score (nSPS) is 17.2. The van der Waals surface area contributed by atoms with Crippen molar-refractivity contribution in [3.8, 4) is 5.75 Å². The maximum absolute atomic E-state index is 14.0. The number of carbonyl (C=O) groups is 1. The van der Waals surface area contributed by atoms with Crippen LogP contribution < -0.4 is 9.64 Å². The molecule has 26 heavy (non-hydrogen) atoms. The highest BCUT2D eigenvalue weighted by atomic mass is 32.1. The number of methoxy groups -OCH3 is 1. The first-order valence-electron chi connectivity index (χ1n) is 9.16. The van der Waals surface area contributed by atoms with Gasteiger partial charge in [0.15, 0.2) is 0 Å². The van der Waals surface area contributed by atoms with Gasteiger partial charge in [0, 0.05) is 36.6 Å². The van der Waals surface area contributed by atoms with Crippen molar-refractivity contribution in [2.24, 2.45) is 0 Å². The van der Waals surface area contributed by atoms with E-state index in [9.17, 15) is 9.18 Å². The number of anilines is 1. The number of benzene rings is 1. The highest BCUT2D eigenvalue weighted by Gasteiger charge is 2.30. The van der Waals surface area contributed by atoms with E-state index in [1.54, 1.807) is 30.6 Å². The number of aryl methyl sites for hydroxylation is 1. The second-order valence-electron chi connectivity index (χ2n) is 6.80. The van der Waals surface area contributed by atoms with Crippen LogP contribution in [-0.4, -0.2) is 44.1 Å². The summed E-state index contributed by atoms with van der Waals surface area (Å²) in [5, 5.41) is 0. The average Bonchev–Trinajstić information content (AvgIpc) is 3.06. The number of amides is 1. The van der Waals surface area contributed by atoms with Crippen LogP contribution in [0.3, 0.4) is 0 Å². The highest BCUT2D eigenvalue weighted by molar-refractivity contribution is 7.14. The van der Waals surface area contributed by atoms with E-state index < -0.39 is 0 Å². The molecule has 1 aliphatic carbocycles. The molecule has 0 unspecified atom stereocenters. The van der Waals surface area contributed by atoms with Crippen molar-refractivity contribution < 1.29 is 13.9 Å². The van der Waals surface area contributed by atoms with Crippen molar-refractivity contribution in [3.05, 3.63) is 45.4 Å². The monoisotopic (exact) mass is 374 g/mol. The molecule has 2 heterocycles. The van der Waals surface area contributed by atoms with Gasteiger partial charge >= 0.3 is 0 Å². The maximum Gasteiger partial charge on any atom is 0.267 e. The number of halogens is 1. The van der Waals surface area contributed by atoms with Gasteiger partial charge in [0.2, 0.25) is 0 Å². The van der Waals surface area contributed by atoms with E-state index in [4.69, 9.17) is 4.74 Å². The number of ether oxygens (including phenoxy) is 1. The molecule has 0 saturated carbocycles. The summed E-state index contributed by atoms with van der Waals surface area (Å²) in [6.45, 7) is 2.47. The lowest BCUT2D eigenvalue weighted by atomic mass is 9.98. The predicted molar refractivity (Wildman–Crippen MR) is 102 cm³/mol. The lowest BCUT2D eigenvalue weighted by Gasteiger charge is -2.36. The Balaban J connectivity index is 1.49. The maximum atomic E-state index is 14.0. The van der Waals surface area contributed by atoms with Crippen molar-refractivity contribution in [2.75, 3.05) is 38.2 Å². The summed E-state index contributed by atoms with van der Waals surface area (Å²) >= 11 is 1.60. The predicted octanol–water partition coefficient (Wildman–Crippen LogP) is 3.74. The fourth-order valence-corrected chi connectivity index (χ4v) is 5.22. The molecule has 4 rings (SSSR count). The average molecular weight is 374 g/mol. The van der Waals surface area contributed by atoms with Gasteiger partial charge in [-0.15, -0.1) is 11.3 Å². The van der Waals surface area contributed by atoms with Crippen molar-refractivity contribution in [2.45, 2.75) is 25.7 Å². The molecule has 138 valence electrons. The first kappa shape index (κ1) is 17.3. The summed E-state index contributed by atoms with van der Waals surface area (Å²) < 4.78 is 19.6. The number of para-hydroxylation sites is 1. The Labute approximate surface area is 157 Å². The fraction of sp³-hybridized carbons (Fsp3) is 0.450. The van der Waals surface area contributed by atoms with Crippen LogP contribution in [0.25, 0.3) is 0 Å². The Morgan fingerprint density at radius 3 is 2.58 bits per heavy atom. The van der Waals surface area contributed by atoms with E-state index in [-0.39, 0.29) is 11.7 Å². The summed E-state index contributed by atoms with van der Waals surface area (Å²) in [4.78, 5) is 19.0. The second-order valence-corrected chi connectivity index (χ2v) is 7.91. The Morgan fingerprint density at radius 1 is 1.12 bits per heavy atom. The molecule has 1 amide bonds. The van der Waals surface area contributed by atoms with Gasteiger partial charge in [-0.25, -0.2) is 4.39 Å². The summed E-state index contributed by atoms with van der Waals surface area (Å²) in [6, 6.07) is 6.82. The molecular weight excluding hydrogens is 351 g/mol. The number of hydrogen-bond acceptors (Lipinski definition) is 4. The number of piperazine rings is 1. The fourth-order valence-electron chi connectivity index (χ4n) is 3.90. The first-order valence-corrected chi connectivity index (χ1v) is 9.98. The van der Waals surface area contributed by atoms with Crippen LogP contribution in [-0.2, 0) is 12.8 Å². The molecule has 1 fully saturated rings. The van der Waals surface area contributed by atoms with Crippen molar-refractivity contribution >= 4 is 22.9 Å². The van der Waals surface area contributed by atoms with E-state index in [0.717, 1.165) is 29.9 Å². The third kappa shape index (κ3) is 3.07. The Morgan fingerprint density at radius 2 is 1.85 bits per heavy atom. The molecule has 1 aromatic heterocycles. The van der Waals surface area contributed by atoms with Gasteiger partial charge in [-0.05, 0) is 37.8 Å². The molecule has 6 heteroatoms. The van der Waals surface area contributed by atoms with E-state index in [0.29, 0.717) is 31.9 Å². The van der Waals surface area contributed by atoms with Gasteiger partial charge in [0.05, 0.1) is 12.8 Å². The van der Waals surface area contributed by atoms with Crippen molar-refractivity contribution in [1.82, 2.24) is 4.90 Å². The van der Waals surface area contributed by atoms with E-state index in [1.165, 1.54) is 22.9 Å². The minimum atomic E-state index is -0.208. The standard InChI is InChI=1S/C20H23FN2O2S/c1-25-18-14-6-2-5-9-17(14)26-19(18)20(24)23-12-10-22(11-13-23)16-8-4-3-7-15(16)21/h3-4,7-8H,2,5-6,9-13H2,1H3. The van der Waals surface area contributed by atoms with Crippen LogP contribution >= 0.6 is 11.3 Å². The number of nitrogens with zero attached hydrogens (tertiary/aromatic N) is 2. The van der Waals surface area contributed by atoms with Gasteiger partial charge in [0.25, 0.3) is 5.91 Å². The zero-order valence-corrected chi connectivity index (χ0v) is 15.8. The van der Waals surface area contributed by atoms with Crippen LogP contribution in [0.5, 0.6) is 5.75 Å². The minimum Gasteiger partial charge on any atom is -0.495 e. The summed E-state index contributed by atoms with van der Waals surface area (Å²) in [7, 11) is 1.66. The smallest absolute Gasteiger partial charge is 0.267 e. The van der Waals surface area contributed by atoms with Gasteiger partial charge in [-0.2, -0.15) is 0 Å². The topological polar surface area (TPSA) is 32.8 Å². The molecule has 2 aromatic rings. The quantitative estimate of drug-likeness (QED) is 0.821. The van der Waals surface area contributed by atoms with Crippen LogP contribution in [0.15, 0.2) is 24.3 Å². The summed E-state index contributed by atoms with van der Waals surface area (Å²) in [5.41, 5.74) is 1.85. The zero-order chi connectivity index (χ0) is 18.1. The van der Waals surface area contributed by atoms with E-state index in [1.807, 2.05) is 15.9 Å². The Hall–Kier alpha value is -2.08. The molecule has 0 bridgehead atoms. The zero-order valence-electron chi connectivity index (χ0n) is 15.0. The van der Waals surface area contributed by atoms with Gasteiger partial charge in [0.1, 0.15) is 16.4 Å². The molecule has 4 nitrogen and oxygen atoms in total. The summed E-state index contributed by atoms with van der Waals surface area (Å²) in [5.74, 6) is 0.626. The Kier molecular flexibility index (Phi) is 4.85. The molecule has 0 atom stereocenters. The molecular formula is C20H23FN2O2S. The molecule has 1 saturated heterocycles. The van der Waals surface area contributed by atoms with Gasteiger partial charge < -0.3 is 14.5 Å². The van der Waals surface area contributed by atoms with Crippen LogP contribution in [0.1, 0.15) is 33.0 Å². The number of rotatable bonds is 3. The molecule has 2 aliphatic rings. The van der Waals surface area contributed by atoms with Crippen LogP contribution in [0.4, 0.5) is 10.1 Å². The third-order valence-electron chi connectivity index (χ3n) is 5.28. The lowest BCUT2D eigenvalue weighted by Crippen LogP contribution is -2.49. The number of carbonyl (C=O) groups excluding carboxylic acids is 1. The molecule has 0 spiro atoms. The van der Waals surface area contributed by atoms with Crippen molar-refractivity contribution in [1.29, 1.82) is 0 Å². The number of hydrogen-bond donors (Lipinski definition) is 0. The van der Waals surface area contributed by atoms with E-state index >= 15 is 0 Å². The van der Waals surface area contributed by atoms with Crippen LogP contribution in [0, 0.1) is 5.82 Å². The molecule has 0 N–H and O–H groups in total. The lowest BCUT2D eigenvalue weighted by molar-refractivity contribution is 0.0748. The molecule has 1 aliphatic heterocycles. The third-order valence-corrected chi connectivity index (χ3v) is 6.54. The van der Waals surface area contributed by atoms with Gasteiger partial charge in [-0.1, -0.05) is 12.1 Å². The highest BCUT2D eigenvalue weighted by Crippen LogP contribution is 2.40. The second kappa shape index (κ2) is 7.27. The molecule has 0 radical (unpaired) electrons. The largest absolute Gasteiger partial charge is 0.495 e. The Bertz CT molecular complexity index is 812. The van der Waals surface area contributed by atoms with E-state index in [2.05, 4.69) is 0 Å². The van der Waals surface area contributed by atoms with Crippen molar-refractivity contribution in [3.63, 3.8) is 0 Å². The van der Waals surface area contributed by atoms with Gasteiger partial charge in [-0.3, -0.25) is 4.79 Å².